The summed E-state index contributed by atoms with van der Waals surface area (Å²) in [7, 11) is 0. The fraction of sp³-hybridized carbons (Fsp3) is 0.182. The number of benzene rings is 1. The third kappa shape index (κ3) is 2.48. The highest BCUT2D eigenvalue weighted by molar-refractivity contribution is 9.10. The van der Waals surface area contributed by atoms with Crippen LogP contribution in [0.4, 0.5) is 4.39 Å². The number of aromatic nitrogens is 2. The van der Waals surface area contributed by atoms with Crippen LogP contribution < -0.4 is 5.73 Å². The Balaban J connectivity index is 2.20. The highest BCUT2D eigenvalue weighted by Crippen LogP contribution is 2.16. The summed E-state index contributed by atoms with van der Waals surface area (Å²) in [6, 6.07) is 5.00. The molecule has 2 aromatic rings. The smallest absolute Gasteiger partial charge is 0.129 e. The molecule has 2 rings (SSSR count). The van der Waals surface area contributed by atoms with Gasteiger partial charge in [-0.2, -0.15) is 5.10 Å². The first-order valence-corrected chi connectivity index (χ1v) is 5.63. The number of halogens is 2. The molecule has 0 unspecified atom stereocenters. The molecule has 0 radical (unpaired) electrons. The van der Waals surface area contributed by atoms with Crippen LogP contribution in [-0.2, 0) is 13.1 Å². The predicted molar refractivity (Wildman–Crippen MR) is 63.3 cm³/mol. The molecule has 0 atom stereocenters. The second-order valence-electron chi connectivity index (χ2n) is 3.49. The first-order valence-electron chi connectivity index (χ1n) is 4.84. The highest BCUT2D eigenvalue weighted by atomic mass is 79.9. The summed E-state index contributed by atoms with van der Waals surface area (Å²) >= 11 is 3.22. The van der Waals surface area contributed by atoms with Gasteiger partial charge in [-0.05, 0) is 12.1 Å². The summed E-state index contributed by atoms with van der Waals surface area (Å²) in [6.07, 6.45) is 3.51. The summed E-state index contributed by atoms with van der Waals surface area (Å²) < 4.78 is 15.9. The molecule has 0 fully saturated rings. The van der Waals surface area contributed by atoms with Gasteiger partial charge in [0.1, 0.15) is 5.82 Å². The lowest BCUT2D eigenvalue weighted by Gasteiger charge is -2.03. The molecule has 5 heteroatoms. The second-order valence-corrected chi connectivity index (χ2v) is 4.40. The molecule has 0 bridgehead atoms. The summed E-state index contributed by atoms with van der Waals surface area (Å²) in [5, 5.41) is 4.10. The van der Waals surface area contributed by atoms with Crippen LogP contribution in [-0.4, -0.2) is 9.78 Å². The van der Waals surface area contributed by atoms with Gasteiger partial charge in [0.2, 0.25) is 0 Å². The van der Waals surface area contributed by atoms with Crippen molar-refractivity contribution in [3.63, 3.8) is 0 Å². The van der Waals surface area contributed by atoms with E-state index in [0.29, 0.717) is 18.7 Å². The van der Waals surface area contributed by atoms with E-state index < -0.39 is 0 Å². The largest absolute Gasteiger partial charge is 0.326 e. The third-order valence-electron chi connectivity index (χ3n) is 2.27. The van der Waals surface area contributed by atoms with Gasteiger partial charge in [0, 0.05) is 28.3 Å². The number of nitrogens with zero attached hydrogens (tertiary/aromatic N) is 2. The lowest BCUT2D eigenvalue weighted by molar-refractivity contribution is 0.584. The Bertz CT molecular complexity index is 496. The van der Waals surface area contributed by atoms with Gasteiger partial charge in [-0.25, -0.2) is 4.39 Å². The molecule has 16 heavy (non-hydrogen) atoms. The van der Waals surface area contributed by atoms with Crippen LogP contribution in [0.3, 0.4) is 0 Å². The number of nitrogens with two attached hydrogens (primary N) is 1. The van der Waals surface area contributed by atoms with Crippen molar-refractivity contribution in [2.24, 2.45) is 5.73 Å². The molecule has 1 heterocycles. The van der Waals surface area contributed by atoms with Gasteiger partial charge >= 0.3 is 0 Å². The van der Waals surface area contributed by atoms with Crippen molar-refractivity contribution in [3.05, 3.63) is 52.0 Å². The first-order chi connectivity index (χ1) is 7.69. The van der Waals surface area contributed by atoms with Crippen molar-refractivity contribution in [2.75, 3.05) is 0 Å². The molecular weight excluding hydrogens is 273 g/mol. The Morgan fingerprint density at radius 2 is 2.25 bits per heavy atom. The highest BCUT2D eigenvalue weighted by Gasteiger charge is 2.04. The minimum atomic E-state index is -0.237. The topological polar surface area (TPSA) is 43.8 Å². The summed E-state index contributed by atoms with van der Waals surface area (Å²) in [5.41, 5.74) is 7.02. The number of hydrogen-bond acceptors (Lipinski definition) is 2. The van der Waals surface area contributed by atoms with E-state index in [1.807, 2.05) is 12.3 Å². The third-order valence-corrected chi connectivity index (χ3v) is 2.76. The molecule has 84 valence electrons. The van der Waals surface area contributed by atoms with E-state index in [9.17, 15) is 4.39 Å². The Labute approximate surface area is 101 Å². The minimum absolute atomic E-state index is 0.237. The monoisotopic (exact) mass is 283 g/mol. The molecular formula is C11H11BrFN3. The Morgan fingerprint density at radius 3 is 2.88 bits per heavy atom. The van der Waals surface area contributed by atoms with Crippen molar-refractivity contribution >= 4 is 15.9 Å². The van der Waals surface area contributed by atoms with Crippen LogP contribution in [0.15, 0.2) is 35.1 Å². The molecule has 1 aromatic heterocycles. The molecule has 0 aliphatic carbocycles. The Hall–Kier alpha value is -1.20. The zero-order valence-electron chi connectivity index (χ0n) is 8.53. The fourth-order valence-corrected chi connectivity index (χ4v) is 1.76. The van der Waals surface area contributed by atoms with Crippen LogP contribution in [0, 0.1) is 5.82 Å². The van der Waals surface area contributed by atoms with Crippen molar-refractivity contribution in [1.82, 2.24) is 9.78 Å². The van der Waals surface area contributed by atoms with Gasteiger partial charge in [-0.3, -0.25) is 4.68 Å². The van der Waals surface area contributed by atoms with Crippen molar-refractivity contribution in [2.45, 2.75) is 13.1 Å². The van der Waals surface area contributed by atoms with Gasteiger partial charge in [-0.1, -0.05) is 22.0 Å². The van der Waals surface area contributed by atoms with E-state index in [2.05, 4.69) is 21.0 Å². The van der Waals surface area contributed by atoms with Crippen LogP contribution in [0.5, 0.6) is 0 Å². The van der Waals surface area contributed by atoms with Gasteiger partial charge in [-0.15, -0.1) is 0 Å². The van der Waals surface area contributed by atoms with Gasteiger partial charge < -0.3 is 5.73 Å². The van der Waals surface area contributed by atoms with E-state index in [1.54, 1.807) is 16.9 Å². The maximum Gasteiger partial charge on any atom is 0.129 e. The quantitative estimate of drug-likeness (QED) is 0.939. The number of rotatable bonds is 3. The Morgan fingerprint density at radius 1 is 1.44 bits per heavy atom. The number of hydrogen-bond donors (Lipinski definition) is 1. The maximum atomic E-state index is 13.5. The molecule has 0 amide bonds. The second kappa shape index (κ2) is 4.76. The zero-order chi connectivity index (χ0) is 11.5. The van der Waals surface area contributed by atoms with E-state index >= 15 is 0 Å². The van der Waals surface area contributed by atoms with Gasteiger partial charge in [0.15, 0.2) is 0 Å². The van der Waals surface area contributed by atoms with Gasteiger partial charge in [0.05, 0.1) is 12.7 Å². The lowest BCUT2D eigenvalue weighted by atomic mass is 10.2. The summed E-state index contributed by atoms with van der Waals surface area (Å²) in [4.78, 5) is 0. The van der Waals surface area contributed by atoms with Crippen molar-refractivity contribution < 1.29 is 4.39 Å². The minimum Gasteiger partial charge on any atom is -0.326 e. The molecule has 0 aliphatic heterocycles. The van der Waals surface area contributed by atoms with Crippen molar-refractivity contribution in [1.29, 1.82) is 0 Å². The average Bonchev–Trinajstić information content (AvgIpc) is 2.70. The van der Waals surface area contributed by atoms with Gasteiger partial charge in [0.25, 0.3) is 0 Å². The fourth-order valence-electron chi connectivity index (χ4n) is 1.42. The summed E-state index contributed by atoms with van der Waals surface area (Å²) in [5.74, 6) is -0.237. The van der Waals surface area contributed by atoms with Crippen LogP contribution in [0.1, 0.15) is 11.1 Å². The average molecular weight is 284 g/mol. The molecule has 0 spiro atoms. The zero-order valence-corrected chi connectivity index (χ0v) is 10.1. The predicted octanol–water partition coefficient (Wildman–Crippen LogP) is 2.29. The normalized spacial score (nSPS) is 10.7. The van der Waals surface area contributed by atoms with Crippen LogP contribution in [0.25, 0.3) is 0 Å². The Kier molecular flexibility index (Phi) is 3.36. The standard InChI is InChI=1S/C11H11BrFN3/c12-10-2-1-9(11(13)3-10)7-16-6-8(4-14)5-15-16/h1-3,5-6H,4,7,14H2. The molecule has 1 aromatic carbocycles. The molecule has 3 nitrogen and oxygen atoms in total. The maximum absolute atomic E-state index is 13.5. The van der Waals surface area contributed by atoms with Crippen LogP contribution in [0.2, 0.25) is 0 Å². The van der Waals surface area contributed by atoms with E-state index in [4.69, 9.17) is 5.73 Å². The van der Waals surface area contributed by atoms with E-state index in [0.717, 1.165) is 10.0 Å². The summed E-state index contributed by atoms with van der Waals surface area (Å²) in [6.45, 7) is 0.863. The van der Waals surface area contributed by atoms with Crippen molar-refractivity contribution in [3.8, 4) is 0 Å². The van der Waals surface area contributed by atoms with E-state index in [1.165, 1.54) is 6.07 Å². The van der Waals surface area contributed by atoms with E-state index in [-0.39, 0.29) is 5.82 Å². The first kappa shape index (κ1) is 11.3. The molecule has 0 aliphatic rings. The lowest BCUT2D eigenvalue weighted by Crippen LogP contribution is -2.02. The molecule has 0 saturated carbocycles. The molecule has 0 saturated heterocycles. The van der Waals surface area contributed by atoms with Crippen LogP contribution >= 0.6 is 15.9 Å². The molecule has 2 N–H and O–H groups in total. The SMILES string of the molecule is NCc1cnn(Cc2ccc(Br)cc2F)c1.